The zero-order valence-electron chi connectivity index (χ0n) is 26.4. The summed E-state index contributed by atoms with van der Waals surface area (Å²) >= 11 is 0. The molecule has 2 unspecified atom stereocenters. The second kappa shape index (κ2) is 13.4. The zero-order chi connectivity index (χ0) is 32.5. The van der Waals surface area contributed by atoms with Crippen molar-refractivity contribution in [1.29, 1.82) is 0 Å². The van der Waals surface area contributed by atoms with Gasteiger partial charge in [-0.05, 0) is 72.9 Å². The van der Waals surface area contributed by atoms with Crippen LogP contribution in [0.1, 0.15) is 79.8 Å². The molecule has 0 saturated heterocycles. The molecule has 0 amide bonds. The topological polar surface area (TPSA) is 173 Å². The van der Waals surface area contributed by atoms with Crippen molar-refractivity contribution in [1.82, 2.24) is 0 Å². The Balaban J connectivity index is 0.00000225. The first kappa shape index (κ1) is 36.9. The van der Waals surface area contributed by atoms with Crippen molar-refractivity contribution in [3.05, 3.63) is 129 Å². The van der Waals surface area contributed by atoms with Crippen LogP contribution in [0.4, 0.5) is 11.4 Å². The van der Waals surface area contributed by atoms with Crippen LogP contribution >= 0.6 is 0 Å². The Hall–Kier alpha value is -2.36. The van der Waals surface area contributed by atoms with E-state index in [0.29, 0.717) is 36.8 Å². The van der Waals surface area contributed by atoms with Crippen LogP contribution in [0.15, 0.2) is 84.9 Å². The molecule has 14 heteroatoms. The Kier molecular flexibility index (Phi) is 10.3. The zero-order valence-corrected chi connectivity index (χ0v) is 32.0. The minimum Gasteiger partial charge on any atom is -0.746 e. The quantitative estimate of drug-likeness (QED) is 0.161. The molecule has 3 aliphatic rings. The van der Waals surface area contributed by atoms with Gasteiger partial charge in [0.2, 0.25) is 0 Å². The fourth-order valence-electron chi connectivity index (χ4n) is 7.36. The van der Waals surface area contributed by atoms with E-state index in [0.717, 1.165) is 0 Å². The first-order valence-electron chi connectivity index (χ1n) is 14.9. The standard InChI is InChI=1S/C34H30N2O8S2.2Na/c37-31-23-13-3-4-14-24(23)32(38)30-28(36-34(46(42,43)44)20-8-12-22-10-2-6-16-26(22)34)18-17-27(29(30)31)35-33(45(39,40)41)19-7-11-21-9-1-5-15-25(21)33;;/h1-6,9-10,13-18,35-36H,7-8,11-12,19-20H2,(H,39,40,41)(H,42,43,44);;/q;2*+1/p-2. The maximum atomic E-state index is 14.2. The van der Waals surface area contributed by atoms with Crippen molar-refractivity contribution in [2.45, 2.75) is 48.3 Å². The Morgan fingerprint density at radius 2 is 0.896 bits per heavy atom. The summed E-state index contributed by atoms with van der Waals surface area (Å²) in [7, 11) is -10.2. The average Bonchev–Trinajstić information content (AvgIpc) is 3.03. The van der Waals surface area contributed by atoms with Crippen LogP contribution in [0.5, 0.6) is 0 Å². The normalized spacial score (nSPS) is 21.3. The van der Waals surface area contributed by atoms with E-state index in [1.165, 1.54) is 24.3 Å². The second-order valence-corrected chi connectivity index (χ2v) is 15.2. The van der Waals surface area contributed by atoms with Crippen LogP contribution < -0.4 is 69.7 Å². The van der Waals surface area contributed by atoms with Crippen LogP contribution in [0.2, 0.25) is 0 Å². The van der Waals surface area contributed by atoms with Crippen LogP contribution in [-0.4, -0.2) is 37.5 Å². The minimum absolute atomic E-state index is 0. The summed E-state index contributed by atoms with van der Waals surface area (Å²) in [5.74, 6) is -1.25. The van der Waals surface area contributed by atoms with Crippen molar-refractivity contribution >= 4 is 43.2 Å². The van der Waals surface area contributed by atoms with E-state index >= 15 is 0 Å². The second-order valence-electron chi connectivity index (χ2n) is 11.9. The number of nitrogens with one attached hydrogen (secondary N) is 2. The fourth-order valence-corrected chi connectivity index (χ4v) is 9.56. The third kappa shape index (κ3) is 5.73. The number of anilines is 2. The average molecular weight is 703 g/mol. The molecule has 7 rings (SSSR count). The third-order valence-electron chi connectivity index (χ3n) is 9.46. The maximum absolute atomic E-state index is 14.2. The molecule has 0 aliphatic heterocycles. The molecule has 3 aliphatic carbocycles. The Morgan fingerprint density at radius 3 is 1.27 bits per heavy atom. The molecule has 2 N–H and O–H groups in total. The summed E-state index contributed by atoms with van der Waals surface area (Å²) in [6.45, 7) is 0. The summed E-state index contributed by atoms with van der Waals surface area (Å²) < 4.78 is 78.6. The van der Waals surface area contributed by atoms with Gasteiger partial charge in [0, 0.05) is 22.5 Å². The molecule has 4 aromatic rings. The van der Waals surface area contributed by atoms with Crippen molar-refractivity contribution in [2.75, 3.05) is 10.6 Å². The van der Waals surface area contributed by atoms with Gasteiger partial charge in [-0.1, -0.05) is 72.8 Å². The van der Waals surface area contributed by atoms with E-state index in [4.69, 9.17) is 0 Å². The molecule has 0 saturated carbocycles. The van der Waals surface area contributed by atoms with E-state index in [-0.39, 0.29) is 117 Å². The van der Waals surface area contributed by atoms with E-state index in [1.54, 1.807) is 60.7 Å². The molecule has 0 aromatic heterocycles. The van der Waals surface area contributed by atoms with Gasteiger partial charge in [-0.3, -0.25) is 9.59 Å². The molecule has 4 aromatic carbocycles. The molecule has 10 nitrogen and oxygen atoms in total. The molecule has 0 bridgehead atoms. The smallest absolute Gasteiger partial charge is 0.746 e. The first-order valence-corrected chi connectivity index (χ1v) is 17.7. The number of aryl methyl sites for hydroxylation is 2. The Labute approximate surface area is 323 Å². The monoisotopic (exact) mass is 702 g/mol. The van der Waals surface area contributed by atoms with Crippen LogP contribution in [0, 0.1) is 0 Å². The number of fused-ring (bicyclic) bond motifs is 4. The van der Waals surface area contributed by atoms with Crippen molar-refractivity contribution < 1.29 is 94.6 Å². The van der Waals surface area contributed by atoms with Crippen molar-refractivity contribution in [2.24, 2.45) is 0 Å². The number of hydrogen-bond donors (Lipinski definition) is 2. The molecular weight excluding hydrogens is 674 g/mol. The van der Waals surface area contributed by atoms with Gasteiger partial charge >= 0.3 is 59.1 Å². The summed E-state index contributed by atoms with van der Waals surface area (Å²) in [4.78, 5) is 24.1. The number of benzene rings is 4. The Bertz CT molecular complexity index is 2040. The van der Waals surface area contributed by atoms with Gasteiger partial charge in [0.15, 0.2) is 21.3 Å². The van der Waals surface area contributed by atoms with Gasteiger partial charge in [0.1, 0.15) is 20.2 Å². The van der Waals surface area contributed by atoms with Gasteiger partial charge < -0.3 is 19.7 Å². The molecule has 0 radical (unpaired) electrons. The molecule has 2 atom stereocenters. The summed E-state index contributed by atoms with van der Waals surface area (Å²) in [6, 6.07) is 22.2. The number of ketones is 2. The van der Waals surface area contributed by atoms with E-state index < -0.39 is 41.5 Å². The number of hydrogen-bond acceptors (Lipinski definition) is 10. The first-order chi connectivity index (χ1) is 21.9. The van der Waals surface area contributed by atoms with Gasteiger partial charge in [-0.2, -0.15) is 0 Å². The number of rotatable bonds is 6. The SMILES string of the molecule is O=C1c2ccccc2C(=O)c2c(NC3(S(=O)(=O)[O-])CCCc4ccccc43)ccc(NC3(S(=O)(=O)[O-])CCCc4ccccc43)c21.[Na+].[Na+]. The molecular formula is C34H28N2Na2O8S2. The van der Waals surface area contributed by atoms with Crippen LogP contribution in [0.25, 0.3) is 0 Å². The van der Waals surface area contributed by atoms with E-state index in [1.807, 2.05) is 0 Å². The summed E-state index contributed by atoms with van der Waals surface area (Å²) in [5.41, 5.74) is 1.40. The van der Waals surface area contributed by atoms with Gasteiger partial charge in [0.25, 0.3) is 0 Å². The van der Waals surface area contributed by atoms with Gasteiger partial charge in [0.05, 0.1) is 11.1 Å². The number of carbonyl (C=O) groups is 2. The van der Waals surface area contributed by atoms with E-state index in [2.05, 4.69) is 10.6 Å². The molecule has 0 heterocycles. The summed E-state index contributed by atoms with van der Waals surface area (Å²) in [5, 5.41) is 5.81. The predicted molar refractivity (Wildman–Crippen MR) is 169 cm³/mol. The van der Waals surface area contributed by atoms with E-state index in [9.17, 15) is 35.5 Å². The van der Waals surface area contributed by atoms with Crippen molar-refractivity contribution in [3.63, 3.8) is 0 Å². The van der Waals surface area contributed by atoms with Crippen LogP contribution in [-0.2, 0) is 42.8 Å². The molecule has 48 heavy (non-hydrogen) atoms. The molecule has 0 spiro atoms. The molecule has 0 fully saturated rings. The largest absolute Gasteiger partial charge is 1.00 e. The van der Waals surface area contributed by atoms with Crippen molar-refractivity contribution in [3.8, 4) is 0 Å². The summed E-state index contributed by atoms with van der Waals surface area (Å²) in [6.07, 6.45) is 1.66. The predicted octanol–water partition coefficient (Wildman–Crippen LogP) is -1.24. The molecule has 236 valence electrons. The number of carbonyl (C=O) groups excluding carboxylic acids is 2. The van der Waals surface area contributed by atoms with Gasteiger partial charge in [-0.15, -0.1) is 0 Å². The maximum Gasteiger partial charge on any atom is 1.00 e. The Morgan fingerprint density at radius 1 is 0.542 bits per heavy atom. The third-order valence-corrected chi connectivity index (χ3v) is 12.2. The minimum atomic E-state index is -5.11. The fraction of sp³-hybridized carbons (Fsp3) is 0.235. The van der Waals surface area contributed by atoms with Gasteiger partial charge in [-0.25, -0.2) is 16.8 Å². The van der Waals surface area contributed by atoms with Crippen LogP contribution in [0.3, 0.4) is 0 Å².